The maximum absolute atomic E-state index is 14.2. The van der Waals surface area contributed by atoms with Crippen molar-refractivity contribution < 1.29 is 9.18 Å². The monoisotopic (exact) mass is 355 g/mol. The predicted molar refractivity (Wildman–Crippen MR) is 97.0 cm³/mol. The van der Waals surface area contributed by atoms with Gasteiger partial charge in [-0.3, -0.25) is 9.36 Å². The molecule has 6 heteroatoms. The molecule has 0 saturated carbocycles. The van der Waals surface area contributed by atoms with E-state index in [1.54, 1.807) is 25.1 Å². The van der Waals surface area contributed by atoms with Gasteiger partial charge in [-0.25, -0.2) is 4.39 Å². The third-order valence-electron chi connectivity index (χ3n) is 3.70. The number of carbonyl (C=O) groups excluding carboxylic acids is 1. The molecule has 1 heterocycles. The summed E-state index contributed by atoms with van der Waals surface area (Å²) in [6.45, 7) is 2.11. The Hall–Kier alpha value is -2.47. The van der Waals surface area contributed by atoms with Crippen molar-refractivity contribution >= 4 is 17.5 Å². The van der Waals surface area contributed by atoms with Crippen LogP contribution in [0, 0.1) is 5.82 Å². The SMILES string of the molecule is CC(=O)CCSc1nnc(-c2ccccc2F)n1Cc1ccccc1. The van der Waals surface area contributed by atoms with Crippen LogP contribution in [-0.2, 0) is 11.3 Å². The second kappa shape index (κ2) is 8.07. The van der Waals surface area contributed by atoms with Crippen LogP contribution in [0.5, 0.6) is 0 Å². The minimum absolute atomic E-state index is 0.135. The van der Waals surface area contributed by atoms with Gasteiger partial charge in [0.05, 0.1) is 12.1 Å². The van der Waals surface area contributed by atoms with Crippen LogP contribution in [0.25, 0.3) is 11.4 Å². The molecule has 0 spiro atoms. The minimum atomic E-state index is -0.329. The third kappa shape index (κ3) is 4.33. The van der Waals surface area contributed by atoms with Crippen LogP contribution in [0.4, 0.5) is 4.39 Å². The highest BCUT2D eigenvalue weighted by Gasteiger charge is 2.17. The van der Waals surface area contributed by atoms with E-state index in [-0.39, 0.29) is 11.6 Å². The van der Waals surface area contributed by atoms with Gasteiger partial charge in [0.15, 0.2) is 11.0 Å². The summed E-state index contributed by atoms with van der Waals surface area (Å²) in [6, 6.07) is 16.4. The third-order valence-corrected chi connectivity index (χ3v) is 4.67. The van der Waals surface area contributed by atoms with Gasteiger partial charge in [0, 0.05) is 12.2 Å². The number of Topliss-reactive ketones (excluding diaryl/α,β-unsaturated/α-hetero) is 1. The van der Waals surface area contributed by atoms with E-state index in [4.69, 9.17) is 0 Å². The first kappa shape index (κ1) is 17.4. The first-order chi connectivity index (χ1) is 12.1. The zero-order valence-corrected chi connectivity index (χ0v) is 14.7. The van der Waals surface area contributed by atoms with Crippen molar-refractivity contribution in [2.75, 3.05) is 5.75 Å². The Balaban J connectivity index is 1.96. The Morgan fingerprint density at radius 2 is 1.80 bits per heavy atom. The highest BCUT2D eigenvalue weighted by atomic mass is 32.2. The molecule has 0 fully saturated rings. The number of thioether (sulfide) groups is 1. The van der Waals surface area contributed by atoms with Gasteiger partial charge in [0.25, 0.3) is 0 Å². The Labute approximate surface area is 150 Å². The second-order valence-electron chi connectivity index (χ2n) is 5.66. The Bertz CT molecular complexity index is 864. The average Bonchev–Trinajstić information content (AvgIpc) is 2.98. The van der Waals surface area contributed by atoms with Gasteiger partial charge in [0.1, 0.15) is 11.6 Å². The fourth-order valence-electron chi connectivity index (χ4n) is 2.43. The summed E-state index contributed by atoms with van der Waals surface area (Å²) in [6.07, 6.45) is 0.470. The molecule has 0 aliphatic carbocycles. The van der Waals surface area contributed by atoms with Crippen LogP contribution in [-0.4, -0.2) is 26.3 Å². The van der Waals surface area contributed by atoms with Crippen LogP contribution in [0.3, 0.4) is 0 Å². The van der Waals surface area contributed by atoms with Crippen LogP contribution >= 0.6 is 11.8 Å². The van der Waals surface area contributed by atoms with Gasteiger partial charge in [0.2, 0.25) is 0 Å². The first-order valence-corrected chi connectivity index (χ1v) is 8.98. The second-order valence-corrected chi connectivity index (χ2v) is 6.72. The van der Waals surface area contributed by atoms with E-state index in [9.17, 15) is 9.18 Å². The number of halogens is 1. The van der Waals surface area contributed by atoms with Crippen molar-refractivity contribution in [3.8, 4) is 11.4 Å². The number of hydrogen-bond acceptors (Lipinski definition) is 4. The fourth-order valence-corrected chi connectivity index (χ4v) is 3.41. The molecule has 3 aromatic rings. The van der Waals surface area contributed by atoms with E-state index in [0.717, 1.165) is 5.56 Å². The molecule has 2 aromatic carbocycles. The standard InChI is InChI=1S/C19H18FN3OS/c1-14(24)11-12-25-19-22-21-18(16-9-5-6-10-17(16)20)23(19)13-15-7-3-2-4-8-15/h2-10H,11-13H2,1H3. The summed E-state index contributed by atoms with van der Waals surface area (Å²) in [5.41, 5.74) is 1.50. The maximum atomic E-state index is 14.2. The van der Waals surface area contributed by atoms with Gasteiger partial charge in [-0.15, -0.1) is 10.2 Å². The van der Waals surface area contributed by atoms with E-state index in [1.165, 1.54) is 17.8 Å². The minimum Gasteiger partial charge on any atom is -0.300 e. The molecule has 0 bridgehead atoms. The van der Waals surface area contributed by atoms with Crippen molar-refractivity contribution in [1.29, 1.82) is 0 Å². The fraction of sp³-hybridized carbons (Fsp3) is 0.211. The van der Waals surface area contributed by atoms with Crippen molar-refractivity contribution in [2.24, 2.45) is 0 Å². The van der Waals surface area contributed by atoms with Gasteiger partial charge < -0.3 is 0 Å². The van der Waals surface area contributed by atoms with Gasteiger partial charge in [-0.05, 0) is 24.6 Å². The van der Waals surface area contributed by atoms with E-state index >= 15 is 0 Å². The molecule has 128 valence electrons. The normalized spacial score (nSPS) is 10.8. The lowest BCUT2D eigenvalue weighted by molar-refractivity contribution is -0.116. The molecule has 3 rings (SSSR count). The number of ketones is 1. The average molecular weight is 355 g/mol. The van der Waals surface area contributed by atoms with E-state index in [1.807, 2.05) is 34.9 Å². The molecule has 4 nitrogen and oxygen atoms in total. The van der Waals surface area contributed by atoms with E-state index in [0.29, 0.717) is 35.3 Å². The molecule has 0 unspecified atom stereocenters. The topological polar surface area (TPSA) is 47.8 Å². The quantitative estimate of drug-likeness (QED) is 0.596. The zero-order chi connectivity index (χ0) is 17.6. The molecule has 0 radical (unpaired) electrons. The van der Waals surface area contributed by atoms with Gasteiger partial charge >= 0.3 is 0 Å². The predicted octanol–water partition coefficient (Wildman–Crippen LogP) is 4.20. The van der Waals surface area contributed by atoms with Crippen LogP contribution < -0.4 is 0 Å². The van der Waals surface area contributed by atoms with E-state index in [2.05, 4.69) is 10.2 Å². The number of aromatic nitrogens is 3. The van der Waals surface area contributed by atoms with E-state index < -0.39 is 0 Å². The van der Waals surface area contributed by atoms with Crippen molar-refractivity contribution in [3.05, 3.63) is 66.0 Å². The van der Waals surface area contributed by atoms with Crippen LogP contribution in [0.2, 0.25) is 0 Å². The Morgan fingerprint density at radius 3 is 2.52 bits per heavy atom. The number of hydrogen-bond donors (Lipinski definition) is 0. The largest absolute Gasteiger partial charge is 0.300 e. The number of benzene rings is 2. The van der Waals surface area contributed by atoms with Gasteiger partial charge in [-0.1, -0.05) is 54.2 Å². The zero-order valence-electron chi connectivity index (χ0n) is 13.9. The van der Waals surface area contributed by atoms with Crippen LogP contribution in [0.1, 0.15) is 18.9 Å². The molecule has 0 aliphatic heterocycles. The smallest absolute Gasteiger partial charge is 0.191 e. The summed E-state index contributed by atoms with van der Waals surface area (Å²) in [4.78, 5) is 11.2. The molecular weight excluding hydrogens is 337 g/mol. The first-order valence-electron chi connectivity index (χ1n) is 7.99. The Kier molecular flexibility index (Phi) is 5.60. The lowest BCUT2D eigenvalue weighted by Crippen LogP contribution is -2.05. The highest BCUT2D eigenvalue weighted by Crippen LogP contribution is 2.27. The lowest BCUT2D eigenvalue weighted by Gasteiger charge is -2.11. The number of nitrogens with zero attached hydrogens (tertiary/aromatic N) is 3. The Morgan fingerprint density at radius 1 is 1.08 bits per heavy atom. The molecule has 0 aliphatic rings. The molecular formula is C19H18FN3OS. The summed E-state index contributed by atoms with van der Waals surface area (Å²) in [7, 11) is 0. The number of carbonyl (C=O) groups is 1. The van der Waals surface area contributed by atoms with Crippen LogP contribution in [0.15, 0.2) is 59.8 Å². The molecule has 25 heavy (non-hydrogen) atoms. The summed E-state index contributed by atoms with van der Waals surface area (Å²) < 4.78 is 16.1. The van der Waals surface area contributed by atoms with Crippen molar-refractivity contribution in [2.45, 2.75) is 25.0 Å². The molecule has 0 atom stereocenters. The van der Waals surface area contributed by atoms with Crippen molar-refractivity contribution in [1.82, 2.24) is 14.8 Å². The summed E-state index contributed by atoms with van der Waals surface area (Å²) >= 11 is 1.46. The summed E-state index contributed by atoms with van der Waals surface area (Å²) in [5, 5.41) is 9.12. The van der Waals surface area contributed by atoms with Crippen molar-refractivity contribution in [3.63, 3.8) is 0 Å². The summed E-state index contributed by atoms with van der Waals surface area (Å²) in [5.74, 6) is 0.923. The molecule has 1 aromatic heterocycles. The van der Waals surface area contributed by atoms with Gasteiger partial charge in [-0.2, -0.15) is 0 Å². The maximum Gasteiger partial charge on any atom is 0.191 e. The lowest BCUT2D eigenvalue weighted by atomic mass is 10.2. The molecule has 0 N–H and O–H groups in total. The molecule has 0 amide bonds. The highest BCUT2D eigenvalue weighted by molar-refractivity contribution is 7.99. The molecule has 0 saturated heterocycles. The number of rotatable bonds is 7.